The van der Waals surface area contributed by atoms with E-state index in [1.807, 2.05) is 60.1 Å². The molecule has 8 heteroatoms. The minimum atomic E-state index is -0.0384. The number of imidazole rings is 1. The number of fused-ring (bicyclic) bond motifs is 1. The first-order valence-electron chi connectivity index (χ1n) is 10.1. The van der Waals surface area contributed by atoms with E-state index in [9.17, 15) is 4.79 Å². The number of piperidine rings is 1. The fraction of sp³-hybridized carbons (Fsp3) is 0.318. The Kier molecular flexibility index (Phi) is 4.54. The number of hydrogen-bond donors (Lipinski definition) is 1. The summed E-state index contributed by atoms with van der Waals surface area (Å²) in [5.74, 6) is 1.04. The van der Waals surface area contributed by atoms with Crippen LogP contribution in [0.3, 0.4) is 0 Å². The van der Waals surface area contributed by atoms with E-state index >= 15 is 0 Å². The maximum Gasteiger partial charge on any atom is 0.275 e. The second-order valence-corrected chi connectivity index (χ2v) is 7.79. The highest BCUT2D eigenvalue weighted by Crippen LogP contribution is 2.28. The number of aromatic nitrogens is 6. The monoisotopic (exact) mass is 401 g/mol. The van der Waals surface area contributed by atoms with Crippen molar-refractivity contribution >= 4 is 16.8 Å². The highest BCUT2D eigenvalue weighted by molar-refractivity contribution is 6.04. The van der Waals surface area contributed by atoms with E-state index in [-0.39, 0.29) is 11.8 Å². The van der Waals surface area contributed by atoms with Crippen LogP contribution in [0.4, 0.5) is 0 Å². The van der Waals surface area contributed by atoms with Gasteiger partial charge in [0.2, 0.25) is 0 Å². The van der Waals surface area contributed by atoms with Gasteiger partial charge in [-0.1, -0.05) is 18.2 Å². The molecule has 5 rings (SSSR count). The number of carbonyl (C=O) groups is 1. The van der Waals surface area contributed by atoms with E-state index in [1.165, 1.54) is 0 Å². The summed E-state index contributed by atoms with van der Waals surface area (Å²) in [4.78, 5) is 28.7. The van der Waals surface area contributed by atoms with Crippen molar-refractivity contribution in [3.05, 3.63) is 60.1 Å². The van der Waals surface area contributed by atoms with Crippen LogP contribution in [0.15, 0.2) is 42.9 Å². The van der Waals surface area contributed by atoms with Gasteiger partial charge in [0.05, 0.1) is 29.3 Å². The van der Waals surface area contributed by atoms with Gasteiger partial charge in [0.1, 0.15) is 11.5 Å². The molecule has 1 amide bonds. The predicted octanol–water partition coefficient (Wildman–Crippen LogP) is 3.08. The standard InChI is InChI=1S/C22H23N7O/c1-14-24-12-20(28(14)2)19-11-23-10-18(25-19)15-6-5-9-29(13-15)22(30)21-16-7-3-4-8-17(16)26-27-21/h3-4,7-8,10-12,15H,5-6,9,13H2,1-2H3,(H,26,27)/t15-/m0/s1. The Hall–Kier alpha value is -3.55. The summed E-state index contributed by atoms with van der Waals surface area (Å²) in [6.07, 6.45) is 7.31. The Morgan fingerprint density at radius 1 is 1.20 bits per heavy atom. The summed E-state index contributed by atoms with van der Waals surface area (Å²) in [6.45, 7) is 3.30. The topological polar surface area (TPSA) is 92.6 Å². The lowest BCUT2D eigenvalue weighted by Crippen LogP contribution is -2.39. The van der Waals surface area contributed by atoms with Gasteiger partial charge in [-0.3, -0.25) is 14.9 Å². The van der Waals surface area contributed by atoms with Gasteiger partial charge in [0, 0.05) is 37.6 Å². The van der Waals surface area contributed by atoms with Gasteiger partial charge in [0.25, 0.3) is 5.91 Å². The van der Waals surface area contributed by atoms with Crippen LogP contribution in [0.25, 0.3) is 22.3 Å². The molecule has 0 aliphatic carbocycles. The van der Waals surface area contributed by atoms with Gasteiger partial charge >= 0.3 is 0 Å². The van der Waals surface area contributed by atoms with Gasteiger partial charge in [0.15, 0.2) is 5.69 Å². The third kappa shape index (κ3) is 3.14. The van der Waals surface area contributed by atoms with Crippen molar-refractivity contribution < 1.29 is 4.79 Å². The number of rotatable bonds is 3. The fourth-order valence-electron chi connectivity index (χ4n) is 4.12. The second kappa shape index (κ2) is 7.37. The normalized spacial score (nSPS) is 16.9. The van der Waals surface area contributed by atoms with E-state index in [2.05, 4.69) is 20.2 Å². The minimum Gasteiger partial charge on any atom is -0.337 e. The number of aryl methyl sites for hydroxylation is 1. The lowest BCUT2D eigenvalue weighted by atomic mass is 9.94. The molecule has 1 fully saturated rings. The van der Waals surface area contributed by atoms with Crippen molar-refractivity contribution in [1.82, 2.24) is 34.6 Å². The molecular weight excluding hydrogens is 378 g/mol. The molecule has 3 aromatic heterocycles. The van der Waals surface area contributed by atoms with Crippen molar-refractivity contribution in [3.8, 4) is 11.4 Å². The fourth-order valence-corrected chi connectivity index (χ4v) is 4.12. The summed E-state index contributed by atoms with van der Waals surface area (Å²) >= 11 is 0. The summed E-state index contributed by atoms with van der Waals surface area (Å²) < 4.78 is 2.01. The number of H-pyrrole nitrogens is 1. The highest BCUT2D eigenvalue weighted by atomic mass is 16.2. The summed E-state index contributed by atoms with van der Waals surface area (Å²) in [5.41, 5.74) is 4.01. The number of amides is 1. The first-order valence-corrected chi connectivity index (χ1v) is 10.1. The second-order valence-electron chi connectivity index (χ2n) is 7.79. The zero-order chi connectivity index (χ0) is 20.7. The number of hydrogen-bond acceptors (Lipinski definition) is 5. The number of likely N-dealkylation sites (tertiary alicyclic amines) is 1. The molecule has 152 valence electrons. The number of nitrogens with one attached hydrogen (secondary N) is 1. The summed E-state index contributed by atoms with van der Waals surface area (Å²) in [6, 6.07) is 7.72. The van der Waals surface area contributed by atoms with Gasteiger partial charge in [-0.2, -0.15) is 5.10 Å². The molecule has 0 bridgehead atoms. The van der Waals surface area contributed by atoms with Crippen molar-refractivity contribution in [2.24, 2.45) is 7.05 Å². The molecule has 8 nitrogen and oxygen atoms in total. The average molecular weight is 401 g/mol. The van der Waals surface area contributed by atoms with Gasteiger partial charge in [-0.05, 0) is 25.8 Å². The molecule has 1 atom stereocenters. The maximum absolute atomic E-state index is 13.2. The van der Waals surface area contributed by atoms with Crippen molar-refractivity contribution in [3.63, 3.8) is 0 Å². The highest BCUT2D eigenvalue weighted by Gasteiger charge is 2.29. The van der Waals surface area contributed by atoms with Gasteiger partial charge in [-0.25, -0.2) is 9.97 Å². The first kappa shape index (κ1) is 18.5. The van der Waals surface area contributed by atoms with Gasteiger partial charge < -0.3 is 9.47 Å². The first-order chi connectivity index (χ1) is 14.6. The van der Waals surface area contributed by atoms with Crippen molar-refractivity contribution in [1.29, 1.82) is 0 Å². The molecule has 0 radical (unpaired) electrons. The predicted molar refractivity (Wildman–Crippen MR) is 113 cm³/mol. The number of para-hydroxylation sites is 1. The lowest BCUT2D eigenvalue weighted by Gasteiger charge is -2.32. The Morgan fingerprint density at radius 3 is 2.90 bits per heavy atom. The van der Waals surface area contributed by atoms with Gasteiger partial charge in [-0.15, -0.1) is 0 Å². The largest absolute Gasteiger partial charge is 0.337 e. The van der Waals surface area contributed by atoms with Crippen LogP contribution in [-0.4, -0.2) is 53.6 Å². The molecule has 1 aliphatic heterocycles. The number of benzene rings is 1. The lowest BCUT2D eigenvalue weighted by molar-refractivity contribution is 0.0701. The van der Waals surface area contributed by atoms with Crippen LogP contribution in [0, 0.1) is 6.92 Å². The molecule has 1 saturated heterocycles. The SMILES string of the molecule is Cc1ncc(-c2cncc([C@H]3CCCN(C(=O)c4n[nH]c5ccccc45)C3)n2)n1C. The minimum absolute atomic E-state index is 0.0384. The van der Waals surface area contributed by atoms with Crippen LogP contribution in [0.5, 0.6) is 0 Å². The third-order valence-electron chi connectivity index (χ3n) is 5.94. The quantitative estimate of drug-likeness (QED) is 0.569. The Labute approximate surface area is 174 Å². The molecule has 4 heterocycles. The molecule has 0 unspecified atom stereocenters. The Bertz CT molecular complexity index is 1230. The molecule has 1 aliphatic rings. The van der Waals surface area contributed by atoms with Crippen LogP contribution < -0.4 is 0 Å². The van der Waals surface area contributed by atoms with Crippen molar-refractivity contribution in [2.45, 2.75) is 25.7 Å². The molecule has 30 heavy (non-hydrogen) atoms. The number of carbonyl (C=O) groups excluding carboxylic acids is 1. The number of aromatic amines is 1. The Morgan fingerprint density at radius 2 is 2.07 bits per heavy atom. The zero-order valence-corrected chi connectivity index (χ0v) is 17.0. The zero-order valence-electron chi connectivity index (χ0n) is 17.0. The van der Waals surface area contributed by atoms with E-state index in [4.69, 9.17) is 4.98 Å². The van der Waals surface area contributed by atoms with E-state index in [0.29, 0.717) is 12.2 Å². The molecular formula is C22H23N7O. The molecule has 0 spiro atoms. The third-order valence-corrected chi connectivity index (χ3v) is 5.94. The smallest absolute Gasteiger partial charge is 0.275 e. The number of nitrogens with zero attached hydrogens (tertiary/aromatic N) is 6. The molecule has 1 N–H and O–H groups in total. The van der Waals surface area contributed by atoms with Crippen LogP contribution in [-0.2, 0) is 7.05 Å². The maximum atomic E-state index is 13.2. The van der Waals surface area contributed by atoms with Crippen LogP contribution in [0.2, 0.25) is 0 Å². The van der Waals surface area contributed by atoms with E-state index < -0.39 is 0 Å². The van der Waals surface area contributed by atoms with Crippen LogP contribution in [0.1, 0.15) is 40.8 Å². The summed E-state index contributed by atoms with van der Waals surface area (Å²) in [5, 5.41) is 8.10. The molecule has 4 aromatic rings. The Balaban J connectivity index is 1.40. The van der Waals surface area contributed by atoms with Crippen molar-refractivity contribution in [2.75, 3.05) is 13.1 Å². The molecule has 0 saturated carbocycles. The van der Waals surface area contributed by atoms with E-state index in [1.54, 1.807) is 6.20 Å². The molecule has 1 aromatic carbocycles. The summed E-state index contributed by atoms with van der Waals surface area (Å²) in [7, 11) is 1.97. The van der Waals surface area contributed by atoms with Crippen LogP contribution >= 0.6 is 0 Å². The van der Waals surface area contributed by atoms with E-state index in [0.717, 1.165) is 53.2 Å². The average Bonchev–Trinajstić information content (AvgIpc) is 3.37.